The highest BCUT2D eigenvalue weighted by molar-refractivity contribution is 8.00. The van der Waals surface area contributed by atoms with Gasteiger partial charge in [0.1, 0.15) is 6.54 Å². The van der Waals surface area contributed by atoms with E-state index >= 15 is 0 Å². The highest BCUT2D eigenvalue weighted by Gasteiger charge is 2.15. The molecule has 1 heterocycles. The molecule has 1 aliphatic rings. The standard InChI is InChI=1S/C20H23N3O3S/c24-20(15-27-19-9-7-18(8-10-19)23(25)26)21-13-16-3-5-17(6-4-16)14-22-11-1-2-12-22/h3-10H,1-2,11-15H2,(H,21,24)/p+1. The molecule has 1 fully saturated rings. The number of amides is 1. The first-order chi connectivity index (χ1) is 13.1. The molecule has 0 radical (unpaired) electrons. The maximum atomic E-state index is 12.0. The first kappa shape index (κ1) is 19.4. The van der Waals surface area contributed by atoms with Crippen molar-refractivity contribution in [3.8, 4) is 0 Å². The highest BCUT2D eigenvalue weighted by Crippen LogP contribution is 2.21. The number of non-ortho nitro benzene ring substituents is 1. The number of carbonyl (C=O) groups is 1. The fourth-order valence-electron chi connectivity index (χ4n) is 3.18. The lowest BCUT2D eigenvalue weighted by Crippen LogP contribution is -3.08. The van der Waals surface area contributed by atoms with Gasteiger partial charge in [0.2, 0.25) is 5.91 Å². The van der Waals surface area contributed by atoms with E-state index in [1.54, 1.807) is 17.0 Å². The zero-order valence-corrected chi connectivity index (χ0v) is 16.0. The minimum atomic E-state index is -0.432. The Labute approximate surface area is 163 Å². The number of carbonyl (C=O) groups excluding carboxylic acids is 1. The smallest absolute Gasteiger partial charge is 0.269 e. The molecule has 142 valence electrons. The Bertz CT molecular complexity index is 772. The van der Waals surface area contributed by atoms with E-state index in [1.807, 2.05) is 0 Å². The lowest BCUT2D eigenvalue weighted by atomic mass is 10.1. The monoisotopic (exact) mass is 386 g/mol. The molecule has 2 aromatic rings. The van der Waals surface area contributed by atoms with Crippen molar-refractivity contribution in [3.63, 3.8) is 0 Å². The van der Waals surface area contributed by atoms with Crippen LogP contribution in [0.3, 0.4) is 0 Å². The summed E-state index contributed by atoms with van der Waals surface area (Å²) in [6.07, 6.45) is 2.66. The van der Waals surface area contributed by atoms with E-state index in [1.165, 1.54) is 55.4 Å². The third-order valence-corrected chi connectivity index (χ3v) is 5.71. The van der Waals surface area contributed by atoms with Crippen LogP contribution in [0.4, 0.5) is 5.69 Å². The van der Waals surface area contributed by atoms with Crippen molar-refractivity contribution in [1.29, 1.82) is 0 Å². The zero-order chi connectivity index (χ0) is 19.1. The number of thioether (sulfide) groups is 1. The highest BCUT2D eigenvalue weighted by atomic mass is 32.2. The molecule has 0 aromatic heterocycles. The van der Waals surface area contributed by atoms with E-state index in [0.717, 1.165) is 17.0 Å². The SMILES string of the molecule is O=C(CSc1ccc([N+](=O)[O-])cc1)NCc1ccc(C[NH+]2CCCC2)cc1. The number of hydrogen-bond donors (Lipinski definition) is 2. The van der Waals surface area contributed by atoms with Crippen molar-refractivity contribution in [3.05, 3.63) is 69.8 Å². The van der Waals surface area contributed by atoms with Crippen molar-refractivity contribution < 1.29 is 14.6 Å². The van der Waals surface area contributed by atoms with E-state index < -0.39 is 4.92 Å². The summed E-state index contributed by atoms with van der Waals surface area (Å²) in [5.41, 5.74) is 2.48. The molecule has 1 amide bonds. The number of nitro groups is 1. The minimum Gasteiger partial charge on any atom is -0.351 e. The second kappa shape index (κ2) is 9.53. The van der Waals surface area contributed by atoms with E-state index in [4.69, 9.17) is 0 Å². The summed E-state index contributed by atoms with van der Waals surface area (Å²) >= 11 is 1.37. The molecule has 1 saturated heterocycles. The predicted octanol–water partition coefficient (Wildman–Crippen LogP) is 2.18. The number of likely N-dealkylation sites (tertiary alicyclic amines) is 1. The second-order valence-electron chi connectivity index (χ2n) is 6.77. The third-order valence-electron chi connectivity index (χ3n) is 4.69. The summed E-state index contributed by atoms with van der Waals surface area (Å²) < 4.78 is 0. The Morgan fingerprint density at radius 1 is 1.04 bits per heavy atom. The minimum absolute atomic E-state index is 0.0519. The Balaban J connectivity index is 1.40. The van der Waals surface area contributed by atoms with Gasteiger partial charge in [-0.25, -0.2) is 0 Å². The largest absolute Gasteiger partial charge is 0.351 e. The Morgan fingerprint density at radius 2 is 1.67 bits per heavy atom. The molecule has 2 aromatic carbocycles. The average Bonchev–Trinajstić information content (AvgIpc) is 3.19. The van der Waals surface area contributed by atoms with Crippen LogP contribution in [-0.4, -0.2) is 29.7 Å². The molecule has 0 unspecified atom stereocenters. The molecule has 0 saturated carbocycles. The fourth-order valence-corrected chi connectivity index (χ4v) is 3.91. The molecule has 0 aliphatic carbocycles. The molecule has 7 heteroatoms. The first-order valence-corrected chi connectivity index (χ1v) is 10.1. The number of rotatable bonds is 8. The zero-order valence-electron chi connectivity index (χ0n) is 15.1. The number of nitrogens with one attached hydrogen (secondary N) is 2. The summed E-state index contributed by atoms with van der Waals surface area (Å²) in [5.74, 6) is 0.234. The van der Waals surface area contributed by atoms with Crippen molar-refractivity contribution in [2.75, 3.05) is 18.8 Å². The number of nitro benzene ring substituents is 1. The van der Waals surface area contributed by atoms with Crippen LogP contribution in [0.1, 0.15) is 24.0 Å². The molecule has 27 heavy (non-hydrogen) atoms. The summed E-state index contributed by atoms with van der Waals surface area (Å²) in [6, 6.07) is 14.7. The van der Waals surface area contributed by atoms with Gasteiger partial charge in [-0.3, -0.25) is 14.9 Å². The first-order valence-electron chi connectivity index (χ1n) is 9.15. The molecule has 6 nitrogen and oxygen atoms in total. The van der Waals surface area contributed by atoms with Gasteiger partial charge >= 0.3 is 0 Å². The lowest BCUT2D eigenvalue weighted by molar-refractivity contribution is -0.901. The summed E-state index contributed by atoms with van der Waals surface area (Å²) in [4.78, 5) is 24.7. The molecule has 0 bridgehead atoms. The normalized spacial score (nSPS) is 14.2. The number of benzene rings is 2. The average molecular weight is 386 g/mol. The molecule has 0 atom stereocenters. The van der Waals surface area contributed by atoms with Crippen molar-refractivity contribution in [1.82, 2.24) is 5.32 Å². The van der Waals surface area contributed by atoms with E-state index in [-0.39, 0.29) is 17.3 Å². The van der Waals surface area contributed by atoms with Gasteiger partial charge in [-0.05, 0) is 17.7 Å². The molecular weight excluding hydrogens is 362 g/mol. The third kappa shape index (κ3) is 6.08. The number of quaternary nitrogens is 1. The van der Waals surface area contributed by atoms with Gasteiger partial charge < -0.3 is 10.2 Å². The predicted molar refractivity (Wildman–Crippen MR) is 106 cm³/mol. The van der Waals surface area contributed by atoms with Crippen molar-refractivity contribution in [2.45, 2.75) is 30.8 Å². The number of nitrogens with zero attached hydrogens (tertiary/aromatic N) is 1. The Kier molecular flexibility index (Phi) is 6.84. The van der Waals surface area contributed by atoms with Gasteiger partial charge in [-0.1, -0.05) is 24.3 Å². The van der Waals surface area contributed by atoms with Crippen LogP contribution in [0, 0.1) is 10.1 Å². The lowest BCUT2D eigenvalue weighted by Gasteiger charge is -2.12. The van der Waals surface area contributed by atoms with Gasteiger partial charge in [-0.2, -0.15) is 0 Å². The van der Waals surface area contributed by atoms with E-state index in [0.29, 0.717) is 6.54 Å². The summed E-state index contributed by atoms with van der Waals surface area (Å²) in [5, 5.41) is 13.6. The van der Waals surface area contributed by atoms with Gasteiger partial charge in [0, 0.05) is 42.0 Å². The van der Waals surface area contributed by atoms with Gasteiger partial charge in [0.25, 0.3) is 5.69 Å². The Hall–Kier alpha value is -2.38. The van der Waals surface area contributed by atoms with Crippen molar-refractivity contribution >= 4 is 23.4 Å². The molecular formula is C20H24N3O3S+. The number of hydrogen-bond acceptors (Lipinski definition) is 4. The van der Waals surface area contributed by atoms with Crippen LogP contribution in [0.15, 0.2) is 53.4 Å². The summed E-state index contributed by atoms with van der Waals surface area (Å²) in [6.45, 7) is 4.13. The van der Waals surface area contributed by atoms with Crippen LogP contribution in [-0.2, 0) is 17.9 Å². The van der Waals surface area contributed by atoms with E-state index in [2.05, 4.69) is 29.6 Å². The molecule has 1 aliphatic heterocycles. The summed E-state index contributed by atoms with van der Waals surface area (Å²) in [7, 11) is 0. The Morgan fingerprint density at radius 3 is 2.30 bits per heavy atom. The maximum Gasteiger partial charge on any atom is 0.269 e. The van der Waals surface area contributed by atoms with Crippen LogP contribution >= 0.6 is 11.8 Å². The molecule has 2 N–H and O–H groups in total. The van der Waals surface area contributed by atoms with Crippen LogP contribution in [0.2, 0.25) is 0 Å². The quantitative estimate of drug-likeness (QED) is 0.414. The van der Waals surface area contributed by atoms with Crippen LogP contribution < -0.4 is 10.2 Å². The van der Waals surface area contributed by atoms with Crippen LogP contribution in [0.5, 0.6) is 0 Å². The second-order valence-corrected chi connectivity index (χ2v) is 7.82. The maximum absolute atomic E-state index is 12.0. The van der Waals surface area contributed by atoms with Crippen LogP contribution in [0.25, 0.3) is 0 Å². The topological polar surface area (TPSA) is 76.7 Å². The van der Waals surface area contributed by atoms with E-state index in [9.17, 15) is 14.9 Å². The van der Waals surface area contributed by atoms with Gasteiger partial charge in [0.15, 0.2) is 0 Å². The van der Waals surface area contributed by atoms with Gasteiger partial charge in [0.05, 0.1) is 23.8 Å². The molecule has 0 spiro atoms. The molecule has 3 rings (SSSR count). The fraction of sp³-hybridized carbons (Fsp3) is 0.350. The van der Waals surface area contributed by atoms with Gasteiger partial charge in [-0.15, -0.1) is 11.8 Å². The van der Waals surface area contributed by atoms with Crippen molar-refractivity contribution in [2.24, 2.45) is 0 Å².